The van der Waals surface area contributed by atoms with Gasteiger partial charge in [0, 0.05) is 10.7 Å². The number of carbonyl (C=O) groups is 3. The fraction of sp³-hybridized carbons (Fsp3) is 0.154. The number of rotatable bonds is 9. The van der Waals surface area contributed by atoms with E-state index >= 15 is 0 Å². The van der Waals surface area contributed by atoms with E-state index in [2.05, 4.69) is 21.2 Å². The average molecular weight is 509 g/mol. The van der Waals surface area contributed by atoms with Crippen LogP contribution in [0.15, 0.2) is 71.8 Å². The Balaban J connectivity index is 1.45. The predicted molar refractivity (Wildman–Crippen MR) is 139 cm³/mol. The quantitative estimate of drug-likeness (QED) is 0.228. The smallest absolute Gasteiger partial charge is 0.329 e. The summed E-state index contributed by atoms with van der Waals surface area (Å²) in [6, 6.07) is 18.7. The third kappa shape index (κ3) is 7.85. The Hall–Kier alpha value is -4.37. The van der Waals surface area contributed by atoms with E-state index in [1.54, 1.807) is 60.7 Å². The third-order valence-electron chi connectivity index (χ3n) is 4.73. The van der Waals surface area contributed by atoms with Crippen molar-refractivity contribution < 1.29 is 23.9 Å². The molecule has 10 heteroatoms. The molecule has 0 aliphatic carbocycles. The molecule has 0 saturated carbocycles. The largest absolute Gasteiger partial charge is 0.492 e. The lowest BCUT2D eigenvalue weighted by Gasteiger charge is -2.10. The van der Waals surface area contributed by atoms with E-state index in [9.17, 15) is 14.4 Å². The van der Waals surface area contributed by atoms with Gasteiger partial charge in [-0.25, -0.2) is 5.43 Å². The van der Waals surface area contributed by atoms with Crippen LogP contribution < -0.4 is 25.5 Å². The summed E-state index contributed by atoms with van der Waals surface area (Å²) >= 11 is 6.06. The summed E-state index contributed by atoms with van der Waals surface area (Å²) in [7, 11) is 0. The lowest BCUT2D eigenvalue weighted by molar-refractivity contribution is -0.136. The van der Waals surface area contributed by atoms with E-state index < -0.39 is 11.8 Å². The van der Waals surface area contributed by atoms with E-state index in [1.807, 2.05) is 19.9 Å². The van der Waals surface area contributed by atoms with Crippen LogP contribution in [0.4, 0.5) is 11.4 Å². The van der Waals surface area contributed by atoms with E-state index in [0.717, 1.165) is 5.56 Å². The Bertz CT molecular complexity index is 1260. The standard InChI is InChI=1S/C26H25ClN4O5/c1-3-35-23-7-5-4-6-22(23)30-25(33)26(34)31-28-15-18-9-12-20(13-10-18)36-16-24(32)29-19-11-8-17(2)21(27)14-19/h4-15H,3,16H2,1-2H3,(H,29,32)(H,30,33)(H,31,34)/b28-15-. The van der Waals surface area contributed by atoms with E-state index in [0.29, 0.717) is 40.1 Å². The number of para-hydroxylation sites is 2. The number of halogens is 1. The SMILES string of the molecule is CCOc1ccccc1NC(=O)C(=O)N/N=C\c1ccc(OCC(=O)Nc2ccc(C)c(Cl)c2)cc1. The number of hydrazone groups is 1. The van der Waals surface area contributed by atoms with Crippen molar-refractivity contribution >= 4 is 46.9 Å². The minimum absolute atomic E-state index is 0.184. The summed E-state index contributed by atoms with van der Waals surface area (Å²) in [5.74, 6) is -1.21. The lowest BCUT2D eigenvalue weighted by Crippen LogP contribution is -2.32. The first-order chi connectivity index (χ1) is 17.4. The molecule has 3 aromatic rings. The van der Waals surface area contributed by atoms with Crippen LogP contribution in [0.1, 0.15) is 18.1 Å². The van der Waals surface area contributed by atoms with Crippen LogP contribution in [0.2, 0.25) is 5.02 Å². The Morgan fingerprint density at radius 2 is 1.69 bits per heavy atom. The molecule has 3 rings (SSSR count). The van der Waals surface area contributed by atoms with Crippen LogP contribution in [0.5, 0.6) is 11.5 Å². The first-order valence-electron chi connectivity index (χ1n) is 11.0. The van der Waals surface area contributed by atoms with Crippen molar-refractivity contribution in [2.24, 2.45) is 5.10 Å². The van der Waals surface area contributed by atoms with Gasteiger partial charge in [0.2, 0.25) is 0 Å². The van der Waals surface area contributed by atoms with Gasteiger partial charge in [-0.05, 0) is 73.5 Å². The molecular formula is C26H25ClN4O5. The highest BCUT2D eigenvalue weighted by Crippen LogP contribution is 2.23. The van der Waals surface area contributed by atoms with Gasteiger partial charge in [-0.3, -0.25) is 14.4 Å². The van der Waals surface area contributed by atoms with Crippen LogP contribution in [-0.2, 0) is 14.4 Å². The van der Waals surface area contributed by atoms with E-state index in [-0.39, 0.29) is 12.5 Å². The minimum Gasteiger partial charge on any atom is -0.492 e. The maximum absolute atomic E-state index is 12.1. The van der Waals surface area contributed by atoms with Crippen molar-refractivity contribution in [2.45, 2.75) is 13.8 Å². The van der Waals surface area contributed by atoms with Gasteiger partial charge >= 0.3 is 11.8 Å². The fourth-order valence-corrected chi connectivity index (χ4v) is 3.09. The second-order valence-corrected chi connectivity index (χ2v) is 7.86. The molecule has 0 atom stereocenters. The highest BCUT2D eigenvalue weighted by molar-refractivity contribution is 6.39. The zero-order chi connectivity index (χ0) is 25.9. The van der Waals surface area contributed by atoms with Crippen molar-refractivity contribution in [3.63, 3.8) is 0 Å². The summed E-state index contributed by atoms with van der Waals surface area (Å²) in [6.07, 6.45) is 1.37. The molecule has 0 aromatic heterocycles. The van der Waals surface area contributed by atoms with Gasteiger partial charge in [0.25, 0.3) is 5.91 Å². The topological polar surface area (TPSA) is 118 Å². The Morgan fingerprint density at radius 1 is 0.944 bits per heavy atom. The molecule has 0 aliphatic heterocycles. The maximum Gasteiger partial charge on any atom is 0.329 e. The average Bonchev–Trinajstić information content (AvgIpc) is 2.87. The van der Waals surface area contributed by atoms with E-state index in [1.165, 1.54) is 6.21 Å². The molecule has 0 saturated heterocycles. The normalized spacial score (nSPS) is 10.5. The lowest BCUT2D eigenvalue weighted by atomic mass is 10.2. The van der Waals surface area contributed by atoms with Gasteiger partial charge in [-0.2, -0.15) is 5.10 Å². The van der Waals surface area contributed by atoms with Gasteiger partial charge in [0.1, 0.15) is 11.5 Å². The van der Waals surface area contributed by atoms with E-state index in [4.69, 9.17) is 21.1 Å². The molecule has 0 unspecified atom stereocenters. The van der Waals surface area contributed by atoms with Crippen LogP contribution in [-0.4, -0.2) is 37.1 Å². The number of benzene rings is 3. The second kappa shape index (κ2) is 12.9. The highest BCUT2D eigenvalue weighted by atomic mass is 35.5. The number of hydrogen-bond donors (Lipinski definition) is 3. The van der Waals surface area contributed by atoms with Crippen molar-refractivity contribution in [1.82, 2.24) is 5.43 Å². The molecule has 9 nitrogen and oxygen atoms in total. The zero-order valence-electron chi connectivity index (χ0n) is 19.7. The Labute approximate surface area is 213 Å². The summed E-state index contributed by atoms with van der Waals surface area (Å²) in [5, 5.41) is 9.56. The number of ether oxygens (including phenoxy) is 2. The predicted octanol–water partition coefficient (Wildman–Crippen LogP) is 4.15. The van der Waals surface area contributed by atoms with Gasteiger partial charge < -0.3 is 20.1 Å². The summed E-state index contributed by atoms with van der Waals surface area (Å²) in [5.41, 5.74) is 4.70. The maximum atomic E-state index is 12.1. The summed E-state index contributed by atoms with van der Waals surface area (Å²) in [4.78, 5) is 36.3. The Morgan fingerprint density at radius 3 is 2.42 bits per heavy atom. The van der Waals surface area contributed by atoms with Crippen LogP contribution in [0.25, 0.3) is 0 Å². The fourth-order valence-electron chi connectivity index (χ4n) is 2.91. The molecule has 36 heavy (non-hydrogen) atoms. The molecule has 0 spiro atoms. The molecule has 0 bridgehead atoms. The Kier molecular flexibility index (Phi) is 9.41. The monoisotopic (exact) mass is 508 g/mol. The number of aryl methyl sites for hydroxylation is 1. The van der Waals surface area contributed by atoms with Crippen molar-refractivity contribution in [2.75, 3.05) is 23.8 Å². The molecule has 3 amide bonds. The van der Waals surface area contributed by atoms with Crippen LogP contribution in [0.3, 0.4) is 0 Å². The number of amides is 3. The number of carbonyl (C=O) groups excluding carboxylic acids is 3. The summed E-state index contributed by atoms with van der Waals surface area (Å²) < 4.78 is 10.9. The molecule has 0 aliphatic rings. The second-order valence-electron chi connectivity index (χ2n) is 7.45. The summed E-state index contributed by atoms with van der Waals surface area (Å²) in [6.45, 7) is 3.93. The molecule has 3 N–H and O–H groups in total. The van der Waals surface area contributed by atoms with Gasteiger partial charge in [-0.15, -0.1) is 0 Å². The number of hydrogen-bond acceptors (Lipinski definition) is 6. The van der Waals surface area contributed by atoms with Crippen molar-refractivity contribution in [3.8, 4) is 11.5 Å². The minimum atomic E-state index is -0.932. The molecule has 0 fully saturated rings. The number of anilines is 2. The third-order valence-corrected chi connectivity index (χ3v) is 5.13. The van der Waals surface area contributed by atoms with Gasteiger partial charge in [0.05, 0.1) is 18.5 Å². The first kappa shape index (κ1) is 26.2. The highest BCUT2D eigenvalue weighted by Gasteiger charge is 2.15. The number of nitrogens with zero attached hydrogens (tertiary/aromatic N) is 1. The molecule has 0 radical (unpaired) electrons. The van der Waals surface area contributed by atoms with Crippen LogP contribution in [0, 0.1) is 6.92 Å². The molecule has 186 valence electrons. The molecular weight excluding hydrogens is 484 g/mol. The van der Waals surface area contributed by atoms with Gasteiger partial charge in [-0.1, -0.05) is 29.8 Å². The first-order valence-corrected chi connectivity index (χ1v) is 11.4. The van der Waals surface area contributed by atoms with Crippen LogP contribution >= 0.6 is 11.6 Å². The number of nitrogens with one attached hydrogen (secondary N) is 3. The van der Waals surface area contributed by atoms with Crippen molar-refractivity contribution in [3.05, 3.63) is 82.9 Å². The van der Waals surface area contributed by atoms with Gasteiger partial charge in [0.15, 0.2) is 6.61 Å². The molecule has 0 heterocycles. The zero-order valence-corrected chi connectivity index (χ0v) is 20.5. The van der Waals surface area contributed by atoms with Crippen molar-refractivity contribution in [1.29, 1.82) is 0 Å². The molecule has 3 aromatic carbocycles.